The van der Waals surface area contributed by atoms with E-state index in [2.05, 4.69) is 17.0 Å². The smallest absolute Gasteiger partial charge is 0.123 e. The first-order chi connectivity index (χ1) is 10.8. The predicted octanol–water partition coefficient (Wildman–Crippen LogP) is 3.63. The van der Waals surface area contributed by atoms with E-state index in [9.17, 15) is 9.18 Å². The molecule has 22 heavy (non-hydrogen) atoms. The molecule has 2 aromatic rings. The van der Waals surface area contributed by atoms with Crippen molar-refractivity contribution in [2.24, 2.45) is 5.92 Å². The van der Waals surface area contributed by atoms with Gasteiger partial charge in [0.15, 0.2) is 0 Å². The number of carbonyl (C=O) groups excluding carboxylic acids is 1. The lowest BCUT2D eigenvalue weighted by Gasteiger charge is -2.16. The van der Waals surface area contributed by atoms with Crippen molar-refractivity contribution >= 4 is 6.29 Å². The number of aldehydes is 1. The summed E-state index contributed by atoms with van der Waals surface area (Å²) in [4.78, 5) is 13.4. The molecule has 2 unspecified atom stereocenters. The molecule has 0 amide bonds. The molecule has 3 rings (SSSR count). The molecule has 1 fully saturated rings. The molecular weight excluding hydrogens is 277 g/mol. The highest BCUT2D eigenvalue weighted by Crippen LogP contribution is 2.35. The first-order valence-electron chi connectivity index (χ1n) is 7.71. The van der Waals surface area contributed by atoms with Crippen LogP contribution in [0.3, 0.4) is 0 Å². The number of hydrogen-bond donors (Lipinski definition) is 0. The Hall–Kier alpha value is -2.00. The molecule has 0 saturated carbocycles. The number of benzene rings is 2. The number of nitrogens with zero attached hydrogens (tertiary/aromatic N) is 1. The van der Waals surface area contributed by atoms with Crippen molar-refractivity contribution in [2.45, 2.75) is 18.9 Å². The molecule has 0 bridgehead atoms. The molecule has 0 N–H and O–H groups in total. The average Bonchev–Trinajstić information content (AvgIpc) is 2.92. The third-order valence-electron chi connectivity index (χ3n) is 4.46. The SMILES string of the molecule is O=CCC1CN(Cc2ccccc2)CC1c1ccc(F)cc1. The predicted molar refractivity (Wildman–Crippen MR) is 85.0 cm³/mol. The van der Waals surface area contributed by atoms with Gasteiger partial charge in [-0.1, -0.05) is 42.5 Å². The van der Waals surface area contributed by atoms with Crippen LogP contribution in [0.5, 0.6) is 0 Å². The van der Waals surface area contributed by atoms with Crippen molar-refractivity contribution < 1.29 is 9.18 Å². The number of rotatable bonds is 5. The van der Waals surface area contributed by atoms with E-state index in [1.165, 1.54) is 17.7 Å². The van der Waals surface area contributed by atoms with Crippen LogP contribution in [-0.4, -0.2) is 24.3 Å². The maximum atomic E-state index is 13.1. The van der Waals surface area contributed by atoms with Gasteiger partial charge in [-0.3, -0.25) is 4.90 Å². The summed E-state index contributed by atoms with van der Waals surface area (Å²) in [6, 6.07) is 17.1. The van der Waals surface area contributed by atoms with E-state index >= 15 is 0 Å². The van der Waals surface area contributed by atoms with E-state index in [-0.39, 0.29) is 5.82 Å². The summed E-state index contributed by atoms with van der Waals surface area (Å²) in [7, 11) is 0. The highest BCUT2D eigenvalue weighted by Gasteiger charge is 2.33. The van der Waals surface area contributed by atoms with Gasteiger partial charge in [0.05, 0.1) is 0 Å². The van der Waals surface area contributed by atoms with Crippen LogP contribution in [0, 0.1) is 11.7 Å². The topological polar surface area (TPSA) is 20.3 Å². The molecule has 0 radical (unpaired) electrons. The van der Waals surface area contributed by atoms with Crippen molar-refractivity contribution in [2.75, 3.05) is 13.1 Å². The van der Waals surface area contributed by atoms with E-state index in [1.807, 2.05) is 30.3 Å². The second-order valence-electron chi connectivity index (χ2n) is 6.00. The summed E-state index contributed by atoms with van der Waals surface area (Å²) in [5.41, 5.74) is 2.41. The van der Waals surface area contributed by atoms with Gasteiger partial charge in [0, 0.05) is 32.0 Å². The molecule has 0 aliphatic carbocycles. The summed E-state index contributed by atoms with van der Waals surface area (Å²) in [6.07, 6.45) is 1.57. The molecule has 3 heteroatoms. The molecule has 1 aliphatic rings. The Kier molecular flexibility index (Phi) is 4.64. The van der Waals surface area contributed by atoms with Crippen molar-refractivity contribution in [3.05, 3.63) is 71.5 Å². The van der Waals surface area contributed by atoms with Gasteiger partial charge in [-0.15, -0.1) is 0 Å². The van der Waals surface area contributed by atoms with Crippen molar-refractivity contribution in [3.63, 3.8) is 0 Å². The summed E-state index contributed by atoms with van der Waals surface area (Å²) < 4.78 is 13.1. The Bertz CT molecular complexity index is 611. The molecule has 0 aromatic heterocycles. The Morgan fingerprint density at radius 2 is 1.77 bits per heavy atom. The van der Waals surface area contributed by atoms with Crippen molar-refractivity contribution in [3.8, 4) is 0 Å². The lowest BCUT2D eigenvalue weighted by atomic mass is 9.87. The summed E-state index contributed by atoms with van der Waals surface area (Å²) >= 11 is 0. The average molecular weight is 297 g/mol. The van der Waals surface area contributed by atoms with Crippen LogP contribution >= 0.6 is 0 Å². The lowest BCUT2D eigenvalue weighted by molar-refractivity contribution is -0.108. The molecule has 0 spiro atoms. The summed E-state index contributed by atoms with van der Waals surface area (Å²) in [5.74, 6) is 0.399. The van der Waals surface area contributed by atoms with Crippen LogP contribution < -0.4 is 0 Å². The van der Waals surface area contributed by atoms with Crippen LogP contribution in [0.25, 0.3) is 0 Å². The van der Waals surface area contributed by atoms with Gasteiger partial charge in [0.1, 0.15) is 12.1 Å². The molecule has 2 nitrogen and oxygen atoms in total. The Morgan fingerprint density at radius 1 is 1.05 bits per heavy atom. The molecule has 2 aromatic carbocycles. The van der Waals surface area contributed by atoms with Crippen LogP contribution in [0.4, 0.5) is 4.39 Å². The first-order valence-corrected chi connectivity index (χ1v) is 7.71. The third kappa shape index (κ3) is 3.42. The lowest BCUT2D eigenvalue weighted by Crippen LogP contribution is -2.20. The van der Waals surface area contributed by atoms with Crippen molar-refractivity contribution in [1.82, 2.24) is 4.90 Å². The van der Waals surface area contributed by atoms with E-state index in [4.69, 9.17) is 0 Å². The highest BCUT2D eigenvalue weighted by molar-refractivity contribution is 5.50. The Labute approximate surface area is 130 Å². The van der Waals surface area contributed by atoms with Gasteiger partial charge in [0.2, 0.25) is 0 Å². The van der Waals surface area contributed by atoms with Crippen LogP contribution in [0.1, 0.15) is 23.5 Å². The molecule has 114 valence electrons. The molecule has 1 aliphatic heterocycles. The number of carbonyl (C=O) groups is 1. The zero-order valence-corrected chi connectivity index (χ0v) is 12.5. The fourth-order valence-electron chi connectivity index (χ4n) is 3.38. The van der Waals surface area contributed by atoms with E-state index < -0.39 is 0 Å². The van der Waals surface area contributed by atoms with Gasteiger partial charge in [0.25, 0.3) is 0 Å². The second kappa shape index (κ2) is 6.84. The normalized spacial score (nSPS) is 21.9. The molecule has 1 heterocycles. The largest absolute Gasteiger partial charge is 0.303 e. The number of halogens is 1. The molecular formula is C19H20FNO. The van der Waals surface area contributed by atoms with E-state index in [1.54, 1.807) is 0 Å². The third-order valence-corrected chi connectivity index (χ3v) is 4.46. The minimum absolute atomic E-state index is 0.213. The van der Waals surface area contributed by atoms with E-state index in [0.717, 1.165) is 31.5 Å². The number of hydrogen-bond acceptors (Lipinski definition) is 2. The zero-order chi connectivity index (χ0) is 15.4. The monoisotopic (exact) mass is 297 g/mol. The fourth-order valence-corrected chi connectivity index (χ4v) is 3.38. The minimum atomic E-state index is -0.213. The maximum absolute atomic E-state index is 13.1. The summed E-state index contributed by atoms with van der Waals surface area (Å²) in [5, 5.41) is 0. The van der Waals surface area contributed by atoms with Gasteiger partial charge in [-0.2, -0.15) is 0 Å². The molecule has 2 atom stereocenters. The van der Waals surface area contributed by atoms with Gasteiger partial charge in [-0.25, -0.2) is 4.39 Å². The second-order valence-corrected chi connectivity index (χ2v) is 6.00. The highest BCUT2D eigenvalue weighted by atomic mass is 19.1. The Morgan fingerprint density at radius 3 is 2.45 bits per heavy atom. The quantitative estimate of drug-likeness (QED) is 0.786. The van der Waals surface area contributed by atoms with Crippen molar-refractivity contribution in [1.29, 1.82) is 0 Å². The van der Waals surface area contributed by atoms with Gasteiger partial charge < -0.3 is 4.79 Å². The van der Waals surface area contributed by atoms with Crippen LogP contribution in [0.15, 0.2) is 54.6 Å². The van der Waals surface area contributed by atoms with Crippen LogP contribution in [-0.2, 0) is 11.3 Å². The first kappa shape index (κ1) is 14.9. The fraction of sp³-hybridized carbons (Fsp3) is 0.316. The maximum Gasteiger partial charge on any atom is 0.123 e. The zero-order valence-electron chi connectivity index (χ0n) is 12.5. The van der Waals surface area contributed by atoms with Gasteiger partial charge >= 0.3 is 0 Å². The molecule has 1 saturated heterocycles. The minimum Gasteiger partial charge on any atom is -0.303 e. The Balaban J connectivity index is 1.74. The standard InChI is InChI=1S/C19H20FNO/c20-18-8-6-16(7-9-18)19-14-21(13-17(19)10-11-22)12-15-4-2-1-3-5-15/h1-9,11,17,19H,10,12-14H2. The van der Waals surface area contributed by atoms with Crippen LogP contribution in [0.2, 0.25) is 0 Å². The van der Waals surface area contributed by atoms with E-state index in [0.29, 0.717) is 18.3 Å². The summed E-state index contributed by atoms with van der Waals surface area (Å²) in [6.45, 7) is 2.72. The van der Waals surface area contributed by atoms with Gasteiger partial charge in [-0.05, 0) is 29.2 Å². The number of likely N-dealkylation sites (tertiary alicyclic amines) is 1.